The van der Waals surface area contributed by atoms with Crippen molar-refractivity contribution in [3.8, 4) is 0 Å². The molecule has 2 rings (SSSR count). The molecule has 4 heteroatoms. The van der Waals surface area contributed by atoms with Gasteiger partial charge in [0.1, 0.15) is 5.82 Å². The fourth-order valence-corrected chi connectivity index (χ4v) is 2.81. The number of hydrogen-bond donors (Lipinski definition) is 0. The average molecular weight is 284 g/mol. The molecule has 0 radical (unpaired) electrons. The fraction of sp³-hybridized carbons (Fsp3) is 0.533. The van der Waals surface area contributed by atoms with E-state index in [9.17, 15) is 9.18 Å². The van der Waals surface area contributed by atoms with Gasteiger partial charge in [0.15, 0.2) is 0 Å². The van der Waals surface area contributed by atoms with Crippen LogP contribution >= 0.6 is 11.6 Å². The largest absolute Gasteiger partial charge is 0.339 e. The van der Waals surface area contributed by atoms with Gasteiger partial charge in [-0.2, -0.15) is 0 Å². The highest BCUT2D eigenvalue weighted by Gasteiger charge is 2.27. The molecule has 104 valence electrons. The van der Waals surface area contributed by atoms with Crippen LogP contribution in [-0.4, -0.2) is 29.3 Å². The first-order chi connectivity index (χ1) is 9.20. The normalized spacial score (nSPS) is 18.8. The van der Waals surface area contributed by atoms with Gasteiger partial charge in [0.25, 0.3) is 0 Å². The summed E-state index contributed by atoms with van der Waals surface area (Å²) in [5.41, 5.74) is 0.870. The van der Waals surface area contributed by atoms with Crippen LogP contribution in [0.1, 0.15) is 31.2 Å². The number of carbonyl (C=O) groups excluding carboxylic acids is 1. The van der Waals surface area contributed by atoms with E-state index < -0.39 is 0 Å². The van der Waals surface area contributed by atoms with E-state index in [-0.39, 0.29) is 11.7 Å². The molecule has 1 heterocycles. The molecule has 0 bridgehead atoms. The van der Waals surface area contributed by atoms with Gasteiger partial charge in [0.2, 0.25) is 5.91 Å². The maximum absolute atomic E-state index is 12.8. The molecule has 0 N–H and O–H groups in total. The third kappa shape index (κ3) is 3.93. The number of alkyl halides is 1. The van der Waals surface area contributed by atoms with Crippen LogP contribution in [0.15, 0.2) is 24.3 Å². The zero-order valence-electron chi connectivity index (χ0n) is 10.9. The minimum Gasteiger partial charge on any atom is -0.339 e. The quantitative estimate of drug-likeness (QED) is 0.759. The van der Waals surface area contributed by atoms with Crippen molar-refractivity contribution in [1.29, 1.82) is 0 Å². The molecule has 0 saturated carbocycles. The van der Waals surface area contributed by atoms with E-state index in [2.05, 4.69) is 0 Å². The second-order valence-electron chi connectivity index (χ2n) is 5.02. The second-order valence-corrected chi connectivity index (χ2v) is 5.40. The smallest absolute Gasteiger partial charge is 0.227 e. The topological polar surface area (TPSA) is 20.3 Å². The van der Waals surface area contributed by atoms with Crippen LogP contribution in [0, 0.1) is 5.82 Å². The number of halogens is 2. The monoisotopic (exact) mass is 283 g/mol. The van der Waals surface area contributed by atoms with E-state index in [0.717, 1.165) is 37.8 Å². The predicted molar refractivity (Wildman–Crippen MR) is 74.8 cm³/mol. The first-order valence-electron chi connectivity index (χ1n) is 6.80. The van der Waals surface area contributed by atoms with Crippen LogP contribution in [-0.2, 0) is 11.2 Å². The number of benzene rings is 1. The van der Waals surface area contributed by atoms with Gasteiger partial charge >= 0.3 is 0 Å². The number of carbonyl (C=O) groups is 1. The molecule has 0 spiro atoms. The zero-order valence-corrected chi connectivity index (χ0v) is 11.7. The van der Waals surface area contributed by atoms with Crippen molar-refractivity contribution in [2.45, 2.75) is 38.1 Å². The van der Waals surface area contributed by atoms with Gasteiger partial charge in [-0.25, -0.2) is 4.39 Å². The van der Waals surface area contributed by atoms with Crippen molar-refractivity contribution in [2.24, 2.45) is 0 Å². The van der Waals surface area contributed by atoms with E-state index in [0.29, 0.717) is 18.3 Å². The molecule has 0 aromatic heterocycles. The van der Waals surface area contributed by atoms with Crippen LogP contribution in [0.3, 0.4) is 0 Å². The molecule has 1 aromatic carbocycles. The molecule has 1 atom stereocenters. The Bertz CT molecular complexity index is 421. The minimum absolute atomic E-state index is 0.142. The lowest BCUT2D eigenvalue weighted by molar-refractivity contribution is -0.131. The summed E-state index contributed by atoms with van der Waals surface area (Å²) in [5, 5.41) is 0. The Labute approximate surface area is 118 Å². The molecule has 1 saturated heterocycles. The van der Waals surface area contributed by atoms with Crippen LogP contribution in [0.5, 0.6) is 0 Å². The summed E-state index contributed by atoms with van der Waals surface area (Å²) in [6.45, 7) is 0.840. The molecular weight excluding hydrogens is 265 g/mol. The Morgan fingerprint density at radius 1 is 1.37 bits per heavy atom. The molecule has 1 aromatic rings. The van der Waals surface area contributed by atoms with Gasteiger partial charge in [0.05, 0.1) is 6.42 Å². The van der Waals surface area contributed by atoms with E-state index in [1.807, 2.05) is 4.90 Å². The van der Waals surface area contributed by atoms with Crippen LogP contribution in [0.2, 0.25) is 0 Å². The van der Waals surface area contributed by atoms with Gasteiger partial charge in [-0.05, 0) is 43.4 Å². The molecule has 19 heavy (non-hydrogen) atoms. The first kappa shape index (κ1) is 14.3. The highest BCUT2D eigenvalue weighted by Crippen LogP contribution is 2.22. The summed E-state index contributed by atoms with van der Waals surface area (Å²) >= 11 is 5.71. The lowest BCUT2D eigenvalue weighted by Gasteiger charge is -2.24. The standard InChI is InChI=1S/C15H19ClFNO/c16-9-1-3-14-4-2-10-18(14)15(19)11-12-5-7-13(17)8-6-12/h5-8,14H,1-4,9-11H2. The van der Waals surface area contributed by atoms with Gasteiger partial charge in [-0.3, -0.25) is 4.79 Å². The summed E-state index contributed by atoms with van der Waals surface area (Å²) in [5.74, 6) is 0.525. The second kappa shape index (κ2) is 6.90. The Morgan fingerprint density at radius 3 is 2.79 bits per heavy atom. The number of likely N-dealkylation sites (tertiary alicyclic amines) is 1. The number of amides is 1. The maximum Gasteiger partial charge on any atom is 0.227 e. The molecule has 1 fully saturated rings. The Kier molecular flexibility index (Phi) is 5.20. The molecule has 1 unspecified atom stereocenters. The lowest BCUT2D eigenvalue weighted by atomic mass is 10.1. The van der Waals surface area contributed by atoms with Gasteiger partial charge in [0, 0.05) is 18.5 Å². The predicted octanol–water partition coefficient (Wildman–Crippen LogP) is 3.38. The molecule has 1 aliphatic heterocycles. The average Bonchev–Trinajstić information content (AvgIpc) is 2.87. The van der Waals surface area contributed by atoms with E-state index in [1.54, 1.807) is 12.1 Å². The lowest BCUT2D eigenvalue weighted by Crippen LogP contribution is -2.36. The third-order valence-corrected chi connectivity index (χ3v) is 3.90. The first-order valence-corrected chi connectivity index (χ1v) is 7.34. The minimum atomic E-state index is -0.266. The Balaban J connectivity index is 1.93. The van der Waals surface area contributed by atoms with E-state index in [4.69, 9.17) is 11.6 Å². The summed E-state index contributed by atoms with van der Waals surface area (Å²) < 4.78 is 12.8. The van der Waals surface area contributed by atoms with Crippen LogP contribution in [0.25, 0.3) is 0 Å². The Morgan fingerprint density at radius 2 is 2.11 bits per heavy atom. The molecular formula is C15H19ClFNO. The summed E-state index contributed by atoms with van der Waals surface area (Å²) in [7, 11) is 0. The maximum atomic E-state index is 12.8. The number of nitrogens with zero attached hydrogens (tertiary/aromatic N) is 1. The van der Waals surface area contributed by atoms with Gasteiger partial charge < -0.3 is 4.90 Å². The molecule has 1 aliphatic rings. The van der Waals surface area contributed by atoms with Crippen LogP contribution < -0.4 is 0 Å². The summed E-state index contributed by atoms with van der Waals surface area (Å²) in [4.78, 5) is 14.2. The van der Waals surface area contributed by atoms with Crippen molar-refractivity contribution in [3.63, 3.8) is 0 Å². The number of rotatable bonds is 5. The van der Waals surface area contributed by atoms with Gasteiger partial charge in [-0.15, -0.1) is 11.6 Å². The van der Waals surface area contributed by atoms with Crippen molar-refractivity contribution in [3.05, 3.63) is 35.6 Å². The third-order valence-electron chi connectivity index (χ3n) is 3.64. The highest BCUT2D eigenvalue weighted by molar-refractivity contribution is 6.17. The molecule has 1 amide bonds. The summed E-state index contributed by atoms with van der Waals surface area (Å²) in [6, 6.07) is 6.50. The van der Waals surface area contributed by atoms with Gasteiger partial charge in [-0.1, -0.05) is 12.1 Å². The van der Waals surface area contributed by atoms with Crippen molar-refractivity contribution < 1.29 is 9.18 Å². The number of hydrogen-bond acceptors (Lipinski definition) is 1. The van der Waals surface area contributed by atoms with Crippen molar-refractivity contribution in [2.75, 3.05) is 12.4 Å². The Hall–Kier alpha value is -1.09. The SMILES string of the molecule is O=C(Cc1ccc(F)cc1)N1CCCC1CCCCl. The zero-order chi connectivity index (χ0) is 13.7. The van der Waals surface area contributed by atoms with E-state index >= 15 is 0 Å². The van der Waals surface area contributed by atoms with E-state index in [1.165, 1.54) is 12.1 Å². The molecule has 0 aliphatic carbocycles. The van der Waals surface area contributed by atoms with Crippen molar-refractivity contribution in [1.82, 2.24) is 4.90 Å². The highest BCUT2D eigenvalue weighted by atomic mass is 35.5. The van der Waals surface area contributed by atoms with Crippen LogP contribution in [0.4, 0.5) is 4.39 Å². The van der Waals surface area contributed by atoms with Crippen molar-refractivity contribution >= 4 is 17.5 Å². The summed E-state index contributed by atoms with van der Waals surface area (Å²) in [6.07, 6.45) is 4.44. The fourth-order valence-electron chi connectivity index (χ4n) is 2.66. The molecule has 2 nitrogen and oxygen atoms in total.